The highest BCUT2D eigenvalue weighted by molar-refractivity contribution is 14.1. The predicted octanol–water partition coefficient (Wildman–Crippen LogP) is 1.81. The van der Waals surface area contributed by atoms with Crippen LogP contribution in [-0.4, -0.2) is 17.1 Å². The predicted molar refractivity (Wildman–Crippen MR) is 63.2 cm³/mol. The number of hydrogen-bond acceptors (Lipinski definition) is 2. The zero-order chi connectivity index (χ0) is 10.7. The van der Waals surface area contributed by atoms with E-state index < -0.39 is 12.0 Å². The highest BCUT2D eigenvalue weighted by Gasteiger charge is 2.20. The minimum Gasteiger partial charge on any atom is -0.480 e. The minimum absolute atomic E-state index is 0.163. The molecule has 0 radical (unpaired) electrons. The van der Waals surface area contributed by atoms with Crippen LogP contribution < -0.4 is 5.73 Å². The lowest BCUT2D eigenvalue weighted by Gasteiger charge is -2.16. The average molecular weight is 305 g/mol. The Bertz CT molecular complexity index is 323. The van der Waals surface area contributed by atoms with Gasteiger partial charge in [-0.05, 0) is 40.3 Å². The van der Waals surface area contributed by atoms with Crippen LogP contribution in [0.15, 0.2) is 24.3 Å². The molecule has 0 saturated carbocycles. The number of halogens is 1. The van der Waals surface area contributed by atoms with Gasteiger partial charge in [0.1, 0.15) is 6.04 Å². The first kappa shape index (κ1) is 11.5. The summed E-state index contributed by atoms with van der Waals surface area (Å²) in [6.45, 7) is 1.82. The number of carbonyl (C=O) groups is 1. The van der Waals surface area contributed by atoms with E-state index in [2.05, 4.69) is 22.6 Å². The van der Waals surface area contributed by atoms with Gasteiger partial charge in [-0.2, -0.15) is 0 Å². The maximum absolute atomic E-state index is 10.7. The van der Waals surface area contributed by atoms with Crippen molar-refractivity contribution in [1.29, 1.82) is 0 Å². The summed E-state index contributed by atoms with van der Waals surface area (Å²) < 4.78 is 1.13. The fraction of sp³-hybridized carbons (Fsp3) is 0.300. The Morgan fingerprint density at radius 3 is 2.36 bits per heavy atom. The molecule has 0 aliphatic rings. The van der Waals surface area contributed by atoms with Gasteiger partial charge in [-0.3, -0.25) is 4.79 Å². The van der Waals surface area contributed by atoms with E-state index in [1.807, 2.05) is 31.2 Å². The third-order valence-corrected chi connectivity index (χ3v) is 2.94. The van der Waals surface area contributed by atoms with Crippen molar-refractivity contribution >= 4 is 28.6 Å². The molecule has 0 bridgehead atoms. The lowest BCUT2D eigenvalue weighted by molar-refractivity contribution is -0.139. The molecular weight excluding hydrogens is 293 g/mol. The van der Waals surface area contributed by atoms with Crippen molar-refractivity contribution in [3.63, 3.8) is 0 Å². The van der Waals surface area contributed by atoms with E-state index in [0.717, 1.165) is 9.13 Å². The van der Waals surface area contributed by atoms with Crippen LogP contribution in [0.25, 0.3) is 0 Å². The average Bonchev–Trinajstić information content (AvgIpc) is 2.16. The molecule has 0 aromatic heterocycles. The van der Waals surface area contributed by atoms with Gasteiger partial charge < -0.3 is 10.8 Å². The molecule has 3 N–H and O–H groups in total. The van der Waals surface area contributed by atoms with Gasteiger partial charge in [0.25, 0.3) is 0 Å². The van der Waals surface area contributed by atoms with Gasteiger partial charge >= 0.3 is 5.97 Å². The van der Waals surface area contributed by atoms with Crippen LogP contribution in [0.4, 0.5) is 0 Å². The largest absolute Gasteiger partial charge is 0.480 e. The summed E-state index contributed by atoms with van der Waals surface area (Å²) in [5.74, 6) is -1.12. The lowest BCUT2D eigenvalue weighted by atomic mass is 9.94. The number of hydrogen-bond donors (Lipinski definition) is 2. The monoisotopic (exact) mass is 305 g/mol. The zero-order valence-corrected chi connectivity index (χ0v) is 9.93. The van der Waals surface area contributed by atoms with Crippen LogP contribution in [0.2, 0.25) is 0 Å². The molecule has 0 spiro atoms. The van der Waals surface area contributed by atoms with Crippen molar-refractivity contribution in [2.24, 2.45) is 5.73 Å². The van der Waals surface area contributed by atoms with E-state index in [9.17, 15) is 4.79 Å². The zero-order valence-electron chi connectivity index (χ0n) is 7.77. The molecule has 0 aliphatic carbocycles. The van der Waals surface area contributed by atoms with E-state index in [1.165, 1.54) is 0 Å². The number of benzene rings is 1. The molecule has 2 atom stereocenters. The first-order valence-corrected chi connectivity index (χ1v) is 5.34. The number of carboxylic acids is 1. The third-order valence-electron chi connectivity index (χ3n) is 2.22. The quantitative estimate of drug-likeness (QED) is 0.837. The topological polar surface area (TPSA) is 63.3 Å². The molecular formula is C10H12INO2. The van der Waals surface area contributed by atoms with Crippen LogP contribution >= 0.6 is 22.6 Å². The SMILES string of the molecule is C[C@H](c1ccc(I)cc1)[C@H](N)C(=O)O. The van der Waals surface area contributed by atoms with Crippen LogP contribution in [-0.2, 0) is 4.79 Å². The molecule has 1 rings (SSSR count). The van der Waals surface area contributed by atoms with Crippen LogP contribution in [0.5, 0.6) is 0 Å². The highest BCUT2D eigenvalue weighted by Crippen LogP contribution is 2.19. The molecule has 0 saturated heterocycles. The van der Waals surface area contributed by atoms with Gasteiger partial charge in [0.2, 0.25) is 0 Å². The third kappa shape index (κ3) is 2.68. The molecule has 76 valence electrons. The van der Waals surface area contributed by atoms with Crippen LogP contribution in [0.1, 0.15) is 18.4 Å². The number of rotatable bonds is 3. The molecule has 0 unspecified atom stereocenters. The summed E-state index contributed by atoms with van der Waals surface area (Å²) in [6, 6.07) is 6.88. The van der Waals surface area contributed by atoms with E-state index in [-0.39, 0.29) is 5.92 Å². The summed E-state index contributed by atoms with van der Waals surface area (Å²) >= 11 is 2.20. The molecule has 1 aromatic carbocycles. The molecule has 4 heteroatoms. The van der Waals surface area contributed by atoms with Gasteiger partial charge in [-0.1, -0.05) is 19.1 Å². The second kappa shape index (κ2) is 4.75. The number of carboxylic acid groups (broad SMARTS) is 1. The molecule has 1 aromatic rings. The Hall–Kier alpha value is -0.620. The normalized spacial score (nSPS) is 14.8. The Labute approximate surface area is 96.4 Å². The fourth-order valence-corrected chi connectivity index (χ4v) is 1.55. The summed E-state index contributed by atoms with van der Waals surface area (Å²) in [5, 5.41) is 8.74. The van der Waals surface area contributed by atoms with Crippen LogP contribution in [0.3, 0.4) is 0 Å². The molecule has 0 amide bonds. The lowest BCUT2D eigenvalue weighted by Crippen LogP contribution is -2.35. The van der Waals surface area contributed by atoms with Gasteiger partial charge in [-0.15, -0.1) is 0 Å². The first-order chi connectivity index (χ1) is 6.52. The fourth-order valence-electron chi connectivity index (χ4n) is 1.19. The Kier molecular flexibility index (Phi) is 3.88. The van der Waals surface area contributed by atoms with Gasteiger partial charge in [0, 0.05) is 9.49 Å². The minimum atomic E-state index is -0.962. The van der Waals surface area contributed by atoms with Crippen molar-refractivity contribution in [1.82, 2.24) is 0 Å². The van der Waals surface area contributed by atoms with Gasteiger partial charge in [0.05, 0.1) is 0 Å². The van der Waals surface area contributed by atoms with E-state index in [4.69, 9.17) is 10.8 Å². The Morgan fingerprint density at radius 2 is 1.93 bits per heavy atom. The van der Waals surface area contributed by atoms with E-state index in [1.54, 1.807) is 0 Å². The van der Waals surface area contributed by atoms with E-state index in [0.29, 0.717) is 0 Å². The van der Waals surface area contributed by atoms with Crippen molar-refractivity contribution in [3.8, 4) is 0 Å². The molecule has 0 fully saturated rings. The Morgan fingerprint density at radius 1 is 1.43 bits per heavy atom. The van der Waals surface area contributed by atoms with Crippen molar-refractivity contribution in [2.75, 3.05) is 0 Å². The molecule has 0 heterocycles. The standard InChI is InChI=1S/C10H12INO2/c1-6(9(12)10(13)14)7-2-4-8(11)5-3-7/h2-6,9H,12H2,1H3,(H,13,14)/t6-,9+/m1/s1. The van der Waals surface area contributed by atoms with Crippen molar-refractivity contribution < 1.29 is 9.90 Å². The summed E-state index contributed by atoms with van der Waals surface area (Å²) in [7, 11) is 0. The maximum Gasteiger partial charge on any atom is 0.321 e. The number of aliphatic carboxylic acids is 1. The van der Waals surface area contributed by atoms with E-state index >= 15 is 0 Å². The second-order valence-electron chi connectivity index (χ2n) is 3.20. The molecule has 14 heavy (non-hydrogen) atoms. The first-order valence-electron chi connectivity index (χ1n) is 4.26. The van der Waals surface area contributed by atoms with Gasteiger partial charge in [-0.25, -0.2) is 0 Å². The second-order valence-corrected chi connectivity index (χ2v) is 4.45. The van der Waals surface area contributed by atoms with Crippen LogP contribution in [0, 0.1) is 3.57 Å². The molecule has 3 nitrogen and oxygen atoms in total. The maximum atomic E-state index is 10.7. The highest BCUT2D eigenvalue weighted by atomic mass is 127. The smallest absolute Gasteiger partial charge is 0.321 e. The van der Waals surface area contributed by atoms with Crippen molar-refractivity contribution in [2.45, 2.75) is 18.9 Å². The number of nitrogens with two attached hydrogens (primary N) is 1. The summed E-state index contributed by atoms with van der Waals surface area (Å²) in [6.07, 6.45) is 0. The molecule has 0 aliphatic heterocycles. The van der Waals surface area contributed by atoms with Gasteiger partial charge in [0.15, 0.2) is 0 Å². The summed E-state index contributed by atoms with van der Waals surface area (Å²) in [5.41, 5.74) is 6.49. The Balaban J connectivity index is 2.84. The van der Waals surface area contributed by atoms with Crippen molar-refractivity contribution in [3.05, 3.63) is 33.4 Å². The summed E-state index contributed by atoms with van der Waals surface area (Å²) in [4.78, 5) is 10.7.